The molecule has 1 aromatic carbocycles. The standard InChI is InChI=1S/C13H14FN3S/c1-2-12-16-5-6-17(12)8-9-3-4-10(14)7-11(9)13(15)18/h3-7H,2,8H2,1H3,(H2,15,18). The summed E-state index contributed by atoms with van der Waals surface area (Å²) in [5.74, 6) is 0.649. The number of hydrogen-bond donors (Lipinski definition) is 1. The lowest BCUT2D eigenvalue weighted by Crippen LogP contribution is -2.15. The third-order valence-corrected chi connectivity index (χ3v) is 3.02. The van der Waals surface area contributed by atoms with Crippen LogP contribution in [0.25, 0.3) is 0 Å². The predicted molar refractivity (Wildman–Crippen MR) is 73.0 cm³/mol. The maximum absolute atomic E-state index is 13.2. The van der Waals surface area contributed by atoms with Crippen LogP contribution in [0, 0.1) is 5.82 Å². The molecule has 18 heavy (non-hydrogen) atoms. The molecule has 0 radical (unpaired) electrons. The summed E-state index contributed by atoms with van der Waals surface area (Å²) < 4.78 is 15.2. The lowest BCUT2D eigenvalue weighted by Gasteiger charge is -2.11. The molecule has 1 heterocycles. The number of halogens is 1. The lowest BCUT2D eigenvalue weighted by atomic mass is 10.1. The van der Waals surface area contributed by atoms with Crippen LogP contribution >= 0.6 is 12.2 Å². The van der Waals surface area contributed by atoms with E-state index >= 15 is 0 Å². The number of aromatic nitrogens is 2. The first-order valence-electron chi connectivity index (χ1n) is 5.70. The van der Waals surface area contributed by atoms with Crippen molar-refractivity contribution in [2.75, 3.05) is 0 Å². The Morgan fingerprint density at radius 1 is 1.50 bits per heavy atom. The fraction of sp³-hybridized carbons (Fsp3) is 0.231. The highest BCUT2D eigenvalue weighted by molar-refractivity contribution is 7.80. The van der Waals surface area contributed by atoms with Gasteiger partial charge < -0.3 is 10.3 Å². The molecule has 94 valence electrons. The number of aryl methyl sites for hydroxylation is 1. The van der Waals surface area contributed by atoms with Gasteiger partial charge in [-0.3, -0.25) is 0 Å². The Morgan fingerprint density at radius 2 is 2.28 bits per heavy atom. The predicted octanol–water partition coefficient (Wildman–Crippen LogP) is 2.27. The molecule has 0 unspecified atom stereocenters. The zero-order chi connectivity index (χ0) is 13.1. The van der Waals surface area contributed by atoms with Gasteiger partial charge in [0.25, 0.3) is 0 Å². The first kappa shape index (κ1) is 12.7. The van der Waals surface area contributed by atoms with Gasteiger partial charge in [0.15, 0.2) is 0 Å². The fourth-order valence-corrected chi connectivity index (χ4v) is 2.09. The van der Waals surface area contributed by atoms with Crippen molar-refractivity contribution in [1.82, 2.24) is 9.55 Å². The average Bonchev–Trinajstić information content (AvgIpc) is 2.78. The molecule has 0 spiro atoms. The van der Waals surface area contributed by atoms with Gasteiger partial charge in [0.05, 0.1) is 0 Å². The maximum Gasteiger partial charge on any atom is 0.123 e. The van der Waals surface area contributed by atoms with Crippen LogP contribution in [0.2, 0.25) is 0 Å². The summed E-state index contributed by atoms with van der Waals surface area (Å²) in [7, 11) is 0. The molecule has 0 fully saturated rings. The zero-order valence-electron chi connectivity index (χ0n) is 10.1. The first-order valence-corrected chi connectivity index (χ1v) is 6.11. The van der Waals surface area contributed by atoms with E-state index in [0.717, 1.165) is 17.8 Å². The van der Waals surface area contributed by atoms with Crippen LogP contribution in [0.15, 0.2) is 30.6 Å². The van der Waals surface area contributed by atoms with Crippen LogP contribution in [-0.2, 0) is 13.0 Å². The minimum absolute atomic E-state index is 0.211. The summed E-state index contributed by atoms with van der Waals surface area (Å²) in [6, 6.07) is 4.50. The molecular weight excluding hydrogens is 249 g/mol. The van der Waals surface area contributed by atoms with Crippen LogP contribution in [0.5, 0.6) is 0 Å². The zero-order valence-corrected chi connectivity index (χ0v) is 10.9. The number of rotatable bonds is 4. The number of nitrogens with zero attached hydrogens (tertiary/aromatic N) is 2. The van der Waals surface area contributed by atoms with E-state index in [0.29, 0.717) is 12.1 Å². The maximum atomic E-state index is 13.2. The summed E-state index contributed by atoms with van der Waals surface area (Å²) >= 11 is 4.95. The molecule has 0 aliphatic carbocycles. The van der Waals surface area contributed by atoms with E-state index in [1.165, 1.54) is 12.1 Å². The molecule has 0 saturated heterocycles. The molecule has 0 bridgehead atoms. The molecule has 5 heteroatoms. The van der Waals surface area contributed by atoms with Gasteiger partial charge >= 0.3 is 0 Å². The SMILES string of the molecule is CCc1nccn1Cc1ccc(F)cc1C(N)=S. The van der Waals surface area contributed by atoms with Gasteiger partial charge in [-0.15, -0.1) is 0 Å². The van der Waals surface area contributed by atoms with Gasteiger partial charge in [-0.05, 0) is 17.7 Å². The largest absolute Gasteiger partial charge is 0.389 e. The number of benzene rings is 1. The molecule has 0 saturated carbocycles. The third kappa shape index (κ3) is 2.56. The molecule has 3 nitrogen and oxygen atoms in total. The summed E-state index contributed by atoms with van der Waals surface area (Å²) in [4.78, 5) is 4.46. The van der Waals surface area contributed by atoms with Crippen molar-refractivity contribution in [1.29, 1.82) is 0 Å². The summed E-state index contributed by atoms with van der Waals surface area (Å²) in [5.41, 5.74) is 7.11. The Bertz CT molecular complexity index is 577. The second kappa shape index (κ2) is 5.27. The molecule has 0 atom stereocenters. The van der Waals surface area contributed by atoms with Crippen LogP contribution < -0.4 is 5.73 Å². The Kier molecular flexibility index (Phi) is 3.72. The van der Waals surface area contributed by atoms with Crippen molar-refractivity contribution in [3.8, 4) is 0 Å². The normalized spacial score (nSPS) is 10.6. The molecule has 0 aliphatic heterocycles. The monoisotopic (exact) mass is 263 g/mol. The van der Waals surface area contributed by atoms with Crippen molar-refractivity contribution < 1.29 is 4.39 Å². The molecule has 0 amide bonds. The molecule has 1 aromatic heterocycles. The van der Waals surface area contributed by atoms with Crippen molar-refractivity contribution >= 4 is 17.2 Å². The quantitative estimate of drug-likeness (QED) is 0.861. The van der Waals surface area contributed by atoms with Gasteiger partial charge in [0, 0.05) is 30.9 Å². The minimum atomic E-state index is -0.331. The lowest BCUT2D eigenvalue weighted by molar-refractivity contribution is 0.625. The van der Waals surface area contributed by atoms with E-state index in [9.17, 15) is 4.39 Å². The molecule has 0 aliphatic rings. The van der Waals surface area contributed by atoms with E-state index in [1.54, 1.807) is 12.3 Å². The smallest absolute Gasteiger partial charge is 0.123 e. The van der Waals surface area contributed by atoms with E-state index in [-0.39, 0.29) is 10.8 Å². The van der Waals surface area contributed by atoms with Gasteiger partial charge in [-0.1, -0.05) is 25.2 Å². The molecule has 2 rings (SSSR count). The van der Waals surface area contributed by atoms with Crippen LogP contribution in [0.4, 0.5) is 4.39 Å². The summed E-state index contributed by atoms with van der Waals surface area (Å²) in [5, 5.41) is 0. The minimum Gasteiger partial charge on any atom is -0.389 e. The van der Waals surface area contributed by atoms with Gasteiger partial charge in [0.2, 0.25) is 0 Å². The van der Waals surface area contributed by atoms with Crippen molar-refractivity contribution in [3.63, 3.8) is 0 Å². The Balaban J connectivity index is 2.37. The number of hydrogen-bond acceptors (Lipinski definition) is 2. The van der Waals surface area contributed by atoms with Crippen LogP contribution in [0.3, 0.4) is 0 Å². The Hall–Kier alpha value is -1.75. The summed E-state index contributed by atoms with van der Waals surface area (Å²) in [6.07, 6.45) is 4.49. The first-order chi connectivity index (χ1) is 8.61. The number of nitrogens with two attached hydrogens (primary N) is 1. The van der Waals surface area contributed by atoms with E-state index in [4.69, 9.17) is 18.0 Å². The van der Waals surface area contributed by atoms with Crippen molar-refractivity contribution in [2.24, 2.45) is 5.73 Å². The number of imidazole rings is 1. The fourth-order valence-electron chi connectivity index (χ4n) is 1.90. The third-order valence-electron chi connectivity index (χ3n) is 2.80. The van der Waals surface area contributed by atoms with Crippen LogP contribution in [-0.4, -0.2) is 14.5 Å². The van der Waals surface area contributed by atoms with Crippen molar-refractivity contribution in [3.05, 3.63) is 53.4 Å². The van der Waals surface area contributed by atoms with Gasteiger partial charge in [-0.25, -0.2) is 9.37 Å². The Morgan fingerprint density at radius 3 is 2.94 bits per heavy atom. The number of thiocarbonyl (C=S) groups is 1. The highest BCUT2D eigenvalue weighted by Gasteiger charge is 2.09. The molecule has 2 N–H and O–H groups in total. The second-order valence-electron chi connectivity index (χ2n) is 3.99. The van der Waals surface area contributed by atoms with Crippen LogP contribution in [0.1, 0.15) is 23.9 Å². The molecular formula is C13H14FN3S. The average molecular weight is 263 g/mol. The topological polar surface area (TPSA) is 43.8 Å². The Labute approximate surface area is 110 Å². The molecule has 2 aromatic rings. The second-order valence-corrected chi connectivity index (χ2v) is 4.43. The van der Waals surface area contributed by atoms with E-state index < -0.39 is 0 Å². The highest BCUT2D eigenvalue weighted by Crippen LogP contribution is 2.14. The highest BCUT2D eigenvalue weighted by atomic mass is 32.1. The van der Waals surface area contributed by atoms with Gasteiger partial charge in [-0.2, -0.15) is 0 Å². The van der Waals surface area contributed by atoms with E-state index in [1.807, 2.05) is 17.7 Å². The summed E-state index contributed by atoms with van der Waals surface area (Å²) in [6.45, 7) is 2.63. The van der Waals surface area contributed by atoms with Gasteiger partial charge in [0.1, 0.15) is 16.6 Å². The van der Waals surface area contributed by atoms with E-state index in [2.05, 4.69) is 4.98 Å². The van der Waals surface area contributed by atoms with Crippen molar-refractivity contribution in [2.45, 2.75) is 19.9 Å².